The van der Waals surface area contributed by atoms with Gasteiger partial charge in [-0.1, -0.05) is 13.3 Å². The summed E-state index contributed by atoms with van der Waals surface area (Å²) in [6.45, 7) is 9.11. The van der Waals surface area contributed by atoms with Gasteiger partial charge in [-0.3, -0.25) is 9.48 Å². The molecule has 6 nitrogen and oxygen atoms in total. The average Bonchev–Trinajstić information content (AvgIpc) is 3.19. The van der Waals surface area contributed by atoms with E-state index >= 15 is 0 Å². The Labute approximate surface area is 149 Å². The molecule has 2 aromatic heterocycles. The number of piperidine rings is 1. The molecule has 1 fully saturated rings. The van der Waals surface area contributed by atoms with Crippen molar-refractivity contribution >= 4 is 5.91 Å². The third-order valence-corrected chi connectivity index (χ3v) is 5.03. The molecule has 0 bridgehead atoms. The quantitative estimate of drug-likeness (QED) is 0.810. The number of nitrogens with zero attached hydrogens (tertiary/aromatic N) is 5. The summed E-state index contributed by atoms with van der Waals surface area (Å²) in [7, 11) is 0. The first kappa shape index (κ1) is 17.7. The maximum atomic E-state index is 12.7. The number of aromatic nitrogens is 4. The number of likely N-dealkylation sites (tertiary alicyclic amines) is 1. The fourth-order valence-electron chi connectivity index (χ4n) is 3.68. The Morgan fingerprint density at radius 2 is 2.20 bits per heavy atom. The van der Waals surface area contributed by atoms with Crippen LogP contribution in [0, 0.1) is 13.8 Å². The summed E-state index contributed by atoms with van der Waals surface area (Å²) in [4.78, 5) is 19.3. The maximum Gasteiger partial charge on any atom is 0.244 e. The highest BCUT2D eigenvalue weighted by molar-refractivity contribution is 5.76. The van der Waals surface area contributed by atoms with E-state index in [0.29, 0.717) is 12.5 Å². The van der Waals surface area contributed by atoms with Crippen LogP contribution in [-0.2, 0) is 17.9 Å². The Morgan fingerprint density at radius 3 is 2.92 bits per heavy atom. The van der Waals surface area contributed by atoms with Gasteiger partial charge in [0.2, 0.25) is 5.91 Å². The van der Waals surface area contributed by atoms with Crippen molar-refractivity contribution in [1.82, 2.24) is 24.2 Å². The standard InChI is InChI=1S/C19H29N5O/c1-4-5-9-22-11-8-20-19(22)17-7-6-10-23(13-17)18(25)14-24-16(3)12-15(2)21-24/h8,11-12,17H,4-7,9-10,13-14H2,1-3H3/t17-/m1/s1. The highest BCUT2D eigenvalue weighted by Gasteiger charge is 2.27. The second-order valence-corrected chi connectivity index (χ2v) is 7.10. The number of carbonyl (C=O) groups is 1. The molecule has 2 aromatic rings. The van der Waals surface area contributed by atoms with Crippen molar-refractivity contribution in [1.29, 1.82) is 0 Å². The smallest absolute Gasteiger partial charge is 0.244 e. The number of hydrogen-bond acceptors (Lipinski definition) is 3. The van der Waals surface area contributed by atoms with Crippen molar-refractivity contribution in [3.8, 4) is 0 Å². The average molecular weight is 343 g/mol. The van der Waals surface area contributed by atoms with Crippen LogP contribution in [0.25, 0.3) is 0 Å². The molecule has 1 amide bonds. The van der Waals surface area contributed by atoms with E-state index in [2.05, 4.69) is 27.8 Å². The molecular weight excluding hydrogens is 314 g/mol. The summed E-state index contributed by atoms with van der Waals surface area (Å²) in [5.74, 6) is 1.63. The molecule has 136 valence electrons. The number of carbonyl (C=O) groups excluding carboxylic acids is 1. The molecule has 0 N–H and O–H groups in total. The number of aryl methyl sites for hydroxylation is 3. The summed E-state index contributed by atoms with van der Waals surface area (Å²) >= 11 is 0. The molecular formula is C19H29N5O. The molecule has 0 saturated carbocycles. The van der Waals surface area contributed by atoms with Crippen LogP contribution in [0.2, 0.25) is 0 Å². The van der Waals surface area contributed by atoms with Gasteiger partial charge < -0.3 is 9.47 Å². The zero-order valence-electron chi connectivity index (χ0n) is 15.6. The third-order valence-electron chi connectivity index (χ3n) is 5.03. The van der Waals surface area contributed by atoms with Gasteiger partial charge in [-0.25, -0.2) is 4.98 Å². The molecule has 0 aliphatic carbocycles. The second kappa shape index (κ2) is 7.85. The Bertz CT molecular complexity index is 717. The van der Waals surface area contributed by atoms with Crippen molar-refractivity contribution in [3.05, 3.63) is 35.7 Å². The Morgan fingerprint density at radius 1 is 1.36 bits per heavy atom. The second-order valence-electron chi connectivity index (χ2n) is 7.10. The van der Waals surface area contributed by atoms with Gasteiger partial charge in [-0.2, -0.15) is 5.10 Å². The maximum absolute atomic E-state index is 12.7. The third kappa shape index (κ3) is 4.11. The normalized spacial score (nSPS) is 17.9. The van der Waals surface area contributed by atoms with Crippen LogP contribution in [0.4, 0.5) is 0 Å². The van der Waals surface area contributed by atoms with Crippen LogP contribution < -0.4 is 0 Å². The first-order chi connectivity index (χ1) is 12.1. The van der Waals surface area contributed by atoms with Crippen molar-refractivity contribution in [2.75, 3.05) is 13.1 Å². The molecule has 1 aliphatic heterocycles. The summed E-state index contributed by atoms with van der Waals surface area (Å²) in [5.41, 5.74) is 1.99. The van der Waals surface area contributed by atoms with Crippen LogP contribution >= 0.6 is 0 Å². The van der Waals surface area contributed by atoms with Gasteiger partial charge in [0.25, 0.3) is 0 Å². The Kier molecular flexibility index (Phi) is 5.56. The largest absolute Gasteiger partial charge is 0.340 e. The summed E-state index contributed by atoms with van der Waals surface area (Å²) in [6, 6.07) is 2.01. The van der Waals surface area contributed by atoms with Gasteiger partial charge in [-0.15, -0.1) is 0 Å². The molecule has 6 heteroatoms. The number of unbranched alkanes of at least 4 members (excludes halogenated alkanes) is 1. The molecule has 0 aromatic carbocycles. The SMILES string of the molecule is CCCCn1ccnc1[C@@H]1CCCN(C(=O)Cn2nc(C)cc2C)C1. The van der Waals surface area contributed by atoms with E-state index in [0.717, 1.165) is 56.1 Å². The molecule has 1 aliphatic rings. The van der Waals surface area contributed by atoms with E-state index in [-0.39, 0.29) is 5.91 Å². The molecule has 3 rings (SSSR count). The van der Waals surface area contributed by atoms with Crippen molar-refractivity contribution in [2.45, 2.75) is 65.5 Å². The lowest BCUT2D eigenvalue weighted by molar-refractivity contribution is -0.133. The molecule has 1 atom stereocenters. The minimum Gasteiger partial charge on any atom is -0.340 e. The molecule has 25 heavy (non-hydrogen) atoms. The first-order valence-electron chi connectivity index (χ1n) is 9.38. The number of amides is 1. The van der Waals surface area contributed by atoms with Crippen LogP contribution in [-0.4, -0.2) is 43.2 Å². The highest BCUT2D eigenvalue weighted by atomic mass is 16.2. The minimum absolute atomic E-state index is 0.155. The van der Waals surface area contributed by atoms with E-state index in [4.69, 9.17) is 0 Å². The lowest BCUT2D eigenvalue weighted by Crippen LogP contribution is -2.41. The van der Waals surface area contributed by atoms with Crippen LogP contribution in [0.1, 0.15) is 55.7 Å². The van der Waals surface area contributed by atoms with Crippen LogP contribution in [0.15, 0.2) is 18.5 Å². The summed E-state index contributed by atoms with van der Waals surface area (Å²) < 4.78 is 4.08. The predicted octanol–water partition coefficient (Wildman–Crippen LogP) is 2.90. The molecule has 1 saturated heterocycles. The highest BCUT2D eigenvalue weighted by Crippen LogP contribution is 2.26. The lowest BCUT2D eigenvalue weighted by atomic mass is 9.97. The van der Waals surface area contributed by atoms with E-state index in [9.17, 15) is 4.79 Å². The number of hydrogen-bond donors (Lipinski definition) is 0. The lowest BCUT2D eigenvalue weighted by Gasteiger charge is -2.33. The van der Waals surface area contributed by atoms with Crippen molar-refractivity contribution < 1.29 is 4.79 Å². The molecule has 3 heterocycles. The summed E-state index contributed by atoms with van der Waals surface area (Å²) in [5, 5.41) is 4.41. The minimum atomic E-state index is 0.155. The van der Waals surface area contributed by atoms with E-state index in [1.807, 2.05) is 35.7 Å². The number of rotatable bonds is 6. The topological polar surface area (TPSA) is 56.0 Å². The fraction of sp³-hybridized carbons (Fsp3) is 0.632. The zero-order chi connectivity index (χ0) is 17.8. The van der Waals surface area contributed by atoms with E-state index in [1.165, 1.54) is 6.42 Å². The Hall–Kier alpha value is -2.11. The first-order valence-corrected chi connectivity index (χ1v) is 9.38. The monoisotopic (exact) mass is 343 g/mol. The van der Waals surface area contributed by atoms with Crippen LogP contribution in [0.3, 0.4) is 0 Å². The Balaban J connectivity index is 1.65. The van der Waals surface area contributed by atoms with Gasteiger partial charge in [0.15, 0.2) is 0 Å². The fourth-order valence-corrected chi connectivity index (χ4v) is 3.68. The van der Waals surface area contributed by atoms with Crippen LogP contribution in [0.5, 0.6) is 0 Å². The predicted molar refractivity (Wildman–Crippen MR) is 97.4 cm³/mol. The van der Waals surface area contributed by atoms with Crippen molar-refractivity contribution in [3.63, 3.8) is 0 Å². The molecule has 0 unspecified atom stereocenters. The van der Waals surface area contributed by atoms with Crippen molar-refractivity contribution in [2.24, 2.45) is 0 Å². The van der Waals surface area contributed by atoms with Gasteiger partial charge in [0, 0.05) is 43.6 Å². The van der Waals surface area contributed by atoms with E-state index < -0.39 is 0 Å². The van der Waals surface area contributed by atoms with E-state index in [1.54, 1.807) is 0 Å². The van der Waals surface area contributed by atoms with Gasteiger partial charge in [0.05, 0.1) is 5.69 Å². The summed E-state index contributed by atoms with van der Waals surface area (Å²) in [6.07, 6.45) is 8.44. The van der Waals surface area contributed by atoms with Gasteiger partial charge in [-0.05, 0) is 39.2 Å². The molecule has 0 radical (unpaired) electrons. The number of imidazole rings is 1. The zero-order valence-corrected chi connectivity index (χ0v) is 15.6. The van der Waals surface area contributed by atoms with Gasteiger partial charge >= 0.3 is 0 Å². The van der Waals surface area contributed by atoms with Gasteiger partial charge in [0.1, 0.15) is 12.4 Å². The molecule has 0 spiro atoms.